The fraction of sp³-hybridized carbons (Fsp3) is 0.500. The summed E-state index contributed by atoms with van der Waals surface area (Å²) in [6, 6.07) is 7.03. The topological polar surface area (TPSA) is 86.2 Å². The number of halogens is 1. The first kappa shape index (κ1) is 21.1. The quantitative estimate of drug-likeness (QED) is 0.528. The fourth-order valence-electron chi connectivity index (χ4n) is 3.73. The van der Waals surface area contributed by atoms with E-state index in [-0.39, 0.29) is 22.7 Å². The number of carbonyl (C=O) groups is 1. The van der Waals surface area contributed by atoms with Gasteiger partial charge in [-0.05, 0) is 58.7 Å². The molecule has 1 saturated heterocycles. The van der Waals surface area contributed by atoms with Crippen LogP contribution >= 0.6 is 11.6 Å². The number of anilines is 1. The van der Waals surface area contributed by atoms with Gasteiger partial charge in [-0.3, -0.25) is 4.79 Å². The molecule has 1 amide bonds. The third-order valence-corrected chi connectivity index (χ3v) is 4.72. The van der Waals surface area contributed by atoms with Crippen LogP contribution in [0.5, 0.6) is 5.75 Å². The molecule has 27 heavy (non-hydrogen) atoms. The minimum Gasteiger partial charge on any atom is -0.495 e. The molecular formula is C20H27ClN4O2. The summed E-state index contributed by atoms with van der Waals surface area (Å²) >= 11 is 6.07. The van der Waals surface area contributed by atoms with Crippen LogP contribution in [0.2, 0.25) is 5.02 Å². The number of rotatable bonds is 5. The van der Waals surface area contributed by atoms with Gasteiger partial charge >= 0.3 is 0 Å². The number of hydrogen-bond donors (Lipinski definition) is 3. The van der Waals surface area contributed by atoms with Gasteiger partial charge in [0.2, 0.25) is 0 Å². The Kier molecular flexibility index (Phi) is 6.40. The predicted octanol–water partition coefficient (Wildman–Crippen LogP) is 3.59. The van der Waals surface area contributed by atoms with Crippen LogP contribution in [0.3, 0.4) is 0 Å². The van der Waals surface area contributed by atoms with Crippen LogP contribution in [0.4, 0.5) is 5.69 Å². The van der Waals surface area contributed by atoms with Crippen LogP contribution in [-0.2, 0) is 4.79 Å². The number of amides is 1. The van der Waals surface area contributed by atoms with E-state index in [1.165, 1.54) is 13.3 Å². The summed E-state index contributed by atoms with van der Waals surface area (Å²) < 4.78 is 5.09. The summed E-state index contributed by atoms with van der Waals surface area (Å²) in [5, 5.41) is 19.3. The van der Waals surface area contributed by atoms with E-state index in [1.807, 2.05) is 6.07 Å². The molecule has 0 aromatic heterocycles. The highest BCUT2D eigenvalue weighted by Gasteiger charge is 2.37. The molecular weight excluding hydrogens is 364 g/mol. The third-order valence-electron chi connectivity index (χ3n) is 4.43. The molecule has 0 unspecified atom stereocenters. The van der Waals surface area contributed by atoms with Crippen molar-refractivity contribution in [1.82, 2.24) is 10.6 Å². The Bertz CT molecular complexity index is 765. The Morgan fingerprint density at radius 3 is 2.48 bits per heavy atom. The van der Waals surface area contributed by atoms with E-state index in [0.29, 0.717) is 16.5 Å². The summed E-state index contributed by atoms with van der Waals surface area (Å²) in [4.78, 5) is 12.4. The molecule has 3 N–H and O–H groups in total. The van der Waals surface area contributed by atoms with Crippen molar-refractivity contribution >= 4 is 23.2 Å². The van der Waals surface area contributed by atoms with E-state index in [2.05, 4.69) is 43.6 Å². The SMILES string of the molecule is COc1ccc(NC(=O)/C(C#N)=C\NC2CC(C)(C)NC(C)(C)C2)cc1Cl. The molecule has 0 atom stereocenters. The number of piperidine rings is 1. The Labute approximate surface area is 165 Å². The number of nitrogens with zero attached hydrogens (tertiary/aromatic N) is 1. The largest absolute Gasteiger partial charge is 0.495 e. The van der Waals surface area contributed by atoms with Crippen LogP contribution < -0.4 is 20.7 Å². The van der Waals surface area contributed by atoms with E-state index < -0.39 is 5.91 Å². The van der Waals surface area contributed by atoms with Crippen LogP contribution in [0.15, 0.2) is 30.0 Å². The van der Waals surface area contributed by atoms with Crippen LogP contribution in [0.1, 0.15) is 40.5 Å². The molecule has 146 valence electrons. The highest BCUT2D eigenvalue weighted by Crippen LogP contribution is 2.29. The predicted molar refractivity (Wildman–Crippen MR) is 108 cm³/mol. The van der Waals surface area contributed by atoms with Gasteiger partial charge in [-0.25, -0.2) is 0 Å². The first-order valence-electron chi connectivity index (χ1n) is 8.86. The smallest absolute Gasteiger partial charge is 0.267 e. The van der Waals surface area contributed by atoms with Gasteiger partial charge < -0.3 is 20.7 Å². The maximum absolute atomic E-state index is 12.4. The average Bonchev–Trinajstić information content (AvgIpc) is 2.52. The van der Waals surface area contributed by atoms with E-state index in [9.17, 15) is 10.1 Å². The van der Waals surface area contributed by atoms with Crippen molar-refractivity contribution in [2.24, 2.45) is 0 Å². The van der Waals surface area contributed by atoms with Crippen molar-refractivity contribution in [1.29, 1.82) is 5.26 Å². The maximum atomic E-state index is 12.4. The monoisotopic (exact) mass is 390 g/mol. The molecule has 0 spiro atoms. The molecule has 2 rings (SSSR count). The zero-order valence-corrected chi connectivity index (χ0v) is 17.2. The van der Waals surface area contributed by atoms with Crippen molar-refractivity contribution in [3.8, 4) is 11.8 Å². The summed E-state index contributed by atoms with van der Waals surface area (Å²) in [5.74, 6) is 0.0298. The number of hydrogen-bond acceptors (Lipinski definition) is 5. The molecule has 1 aromatic rings. The zero-order chi connectivity index (χ0) is 20.2. The number of nitrogens with one attached hydrogen (secondary N) is 3. The lowest BCUT2D eigenvalue weighted by Gasteiger charge is -2.46. The first-order chi connectivity index (χ1) is 12.5. The molecule has 0 bridgehead atoms. The summed E-state index contributed by atoms with van der Waals surface area (Å²) in [7, 11) is 1.52. The lowest BCUT2D eigenvalue weighted by molar-refractivity contribution is -0.112. The Morgan fingerprint density at radius 2 is 1.96 bits per heavy atom. The van der Waals surface area contributed by atoms with E-state index >= 15 is 0 Å². The van der Waals surface area contributed by atoms with Gasteiger partial charge in [0.05, 0.1) is 12.1 Å². The second-order valence-electron chi connectivity index (χ2n) is 8.14. The van der Waals surface area contributed by atoms with Crippen molar-refractivity contribution < 1.29 is 9.53 Å². The second-order valence-corrected chi connectivity index (χ2v) is 8.55. The molecule has 0 radical (unpaired) electrons. The van der Waals surface area contributed by atoms with Gasteiger partial charge in [0, 0.05) is 29.0 Å². The molecule has 1 aliphatic rings. The summed E-state index contributed by atoms with van der Waals surface area (Å²) in [6.07, 6.45) is 3.28. The average molecular weight is 391 g/mol. The van der Waals surface area contributed by atoms with Gasteiger partial charge in [-0.1, -0.05) is 11.6 Å². The standard InChI is InChI=1S/C20H27ClN4O2/c1-19(2)9-15(10-20(3,4)25-19)23-12-13(11-22)18(26)24-14-6-7-17(27-5)16(21)8-14/h6-8,12,15,23,25H,9-10H2,1-5H3,(H,24,26)/b13-12-. The number of nitriles is 1. The fourth-order valence-corrected chi connectivity index (χ4v) is 3.99. The highest BCUT2D eigenvalue weighted by molar-refractivity contribution is 6.32. The second kappa shape index (κ2) is 8.20. The molecule has 1 aliphatic heterocycles. The molecule has 0 aliphatic carbocycles. The normalized spacial score (nSPS) is 19.1. The van der Waals surface area contributed by atoms with Gasteiger partial charge in [0.25, 0.3) is 5.91 Å². The molecule has 0 saturated carbocycles. The number of carbonyl (C=O) groups excluding carboxylic acids is 1. The van der Waals surface area contributed by atoms with Gasteiger partial charge in [-0.2, -0.15) is 5.26 Å². The number of methoxy groups -OCH3 is 1. The Balaban J connectivity index is 2.06. The Hall–Kier alpha value is -2.23. The highest BCUT2D eigenvalue weighted by atomic mass is 35.5. The van der Waals surface area contributed by atoms with Crippen molar-refractivity contribution in [3.63, 3.8) is 0 Å². The van der Waals surface area contributed by atoms with E-state index in [4.69, 9.17) is 16.3 Å². The van der Waals surface area contributed by atoms with Gasteiger partial charge in [0.1, 0.15) is 17.4 Å². The maximum Gasteiger partial charge on any atom is 0.267 e. The van der Waals surface area contributed by atoms with Crippen LogP contribution in [0, 0.1) is 11.3 Å². The van der Waals surface area contributed by atoms with Crippen molar-refractivity contribution in [2.45, 2.75) is 57.7 Å². The Morgan fingerprint density at radius 1 is 1.33 bits per heavy atom. The van der Waals surface area contributed by atoms with Crippen molar-refractivity contribution in [2.75, 3.05) is 12.4 Å². The van der Waals surface area contributed by atoms with Gasteiger partial charge in [0.15, 0.2) is 0 Å². The van der Waals surface area contributed by atoms with E-state index in [1.54, 1.807) is 18.2 Å². The minimum absolute atomic E-state index is 0.0103. The molecule has 7 heteroatoms. The molecule has 1 aromatic carbocycles. The summed E-state index contributed by atoms with van der Waals surface area (Å²) in [5.41, 5.74) is 0.455. The summed E-state index contributed by atoms with van der Waals surface area (Å²) in [6.45, 7) is 8.60. The molecule has 6 nitrogen and oxygen atoms in total. The van der Waals surface area contributed by atoms with Crippen LogP contribution in [0.25, 0.3) is 0 Å². The lowest BCUT2D eigenvalue weighted by Crippen LogP contribution is -2.61. The zero-order valence-electron chi connectivity index (χ0n) is 16.4. The minimum atomic E-state index is -0.487. The number of ether oxygens (including phenoxy) is 1. The lowest BCUT2D eigenvalue weighted by atomic mass is 9.80. The van der Waals surface area contributed by atoms with Crippen LogP contribution in [-0.4, -0.2) is 30.1 Å². The number of benzene rings is 1. The first-order valence-corrected chi connectivity index (χ1v) is 9.23. The van der Waals surface area contributed by atoms with Gasteiger partial charge in [-0.15, -0.1) is 0 Å². The molecule has 1 fully saturated rings. The van der Waals surface area contributed by atoms with Crippen molar-refractivity contribution in [3.05, 3.63) is 35.0 Å². The third kappa shape index (κ3) is 5.88. The van der Waals surface area contributed by atoms with E-state index in [0.717, 1.165) is 12.8 Å². The molecule has 1 heterocycles.